The van der Waals surface area contributed by atoms with E-state index in [1.54, 1.807) is 9.80 Å². The molecule has 0 aromatic heterocycles. The Balaban J connectivity index is 1.95. The van der Waals surface area contributed by atoms with Gasteiger partial charge < -0.3 is 14.5 Å². The number of morpholine rings is 1. The zero-order valence-electron chi connectivity index (χ0n) is 9.65. The summed E-state index contributed by atoms with van der Waals surface area (Å²) in [5.41, 5.74) is 0. The Hall–Kier alpha value is -1.10. The maximum Gasteiger partial charge on any atom is 0.245 e. The van der Waals surface area contributed by atoms with Crippen LogP contribution >= 0.6 is 0 Å². The molecule has 2 heterocycles. The molecule has 0 bridgehead atoms. The molecule has 5 heteroatoms. The lowest BCUT2D eigenvalue weighted by Crippen LogP contribution is -2.50. The van der Waals surface area contributed by atoms with Gasteiger partial charge in [0.05, 0.1) is 13.2 Å². The summed E-state index contributed by atoms with van der Waals surface area (Å²) in [4.78, 5) is 27.1. The predicted octanol–water partition coefficient (Wildman–Crippen LogP) is -0.144. The first-order valence-corrected chi connectivity index (χ1v) is 5.86. The third-order valence-electron chi connectivity index (χ3n) is 3.26. The van der Waals surface area contributed by atoms with Gasteiger partial charge in [-0.05, 0) is 13.3 Å². The molecule has 0 aromatic rings. The van der Waals surface area contributed by atoms with Gasteiger partial charge in [0, 0.05) is 26.1 Å². The van der Waals surface area contributed by atoms with Gasteiger partial charge in [-0.2, -0.15) is 0 Å². The molecule has 2 aliphatic heterocycles. The van der Waals surface area contributed by atoms with Crippen molar-refractivity contribution in [2.45, 2.75) is 25.8 Å². The minimum atomic E-state index is -0.312. The molecule has 16 heavy (non-hydrogen) atoms. The Kier molecular flexibility index (Phi) is 3.43. The molecule has 2 fully saturated rings. The van der Waals surface area contributed by atoms with E-state index < -0.39 is 0 Å². The van der Waals surface area contributed by atoms with Crippen LogP contribution in [0.25, 0.3) is 0 Å². The van der Waals surface area contributed by atoms with Crippen molar-refractivity contribution in [1.29, 1.82) is 0 Å². The summed E-state index contributed by atoms with van der Waals surface area (Å²) in [6.07, 6.45) is 1.46. The number of rotatable bonds is 2. The second kappa shape index (κ2) is 4.82. The highest BCUT2D eigenvalue weighted by molar-refractivity contribution is 5.88. The van der Waals surface area contributed by atoms with Gasteiger partial charge in [-0.3, -0.25) is 9.59 Å². The third-order valence-corrected chi connectivity index (χ3v) is 3.26. The Bertz CT molecular complexity index is 287. The number of ether oxygens (including phenoxy) is 1. The predicted molar refractivity (Wildman–Crippen MR) is 57.8 cm³/mol. The van der Waals surface area contributed by atoms with Gasteiger partial charge in [-0.15, -0.1) is 0 Å². The molecule has 2 saturated heterocycles. The number of hydrogen-bond acceptors (Lipinski definition) is 3. The van der Waals surface area contributed by atoms with Crippen molar-refractivity contribution in [2.75, 3.05) is 32.8 Å². The fourth-order valence-corrected chi connectivity index (χ4v) is 2.26. The lowest BCUT2D eigenvalue weighted by atomic mass is 10.2. The van der Waals surface area contributed by atoms with E-state index >= 15 is 0 Å². The molecule has 0 aromatic carbocycles. The monoisotopic (exact) mass is 226 g/mol. The summed E-state index contributed by atoms with van der Waals surface area (Å²) in [5.74, 6) is 0.160. The highest BCUT2D eigenvalue weighted by Crippen LogP contribution is 2.15. The first-order chi connectivity index (χ1) is 7.70. The van der Waals surface area contributed by atoms with Crippen LogP contribution in [0.2, 0.25) is 0 Å². The highest BCUT2D eigenvalue weighted by atomic mass is 16.5. The van der Waals surface area contributed by atoms with Crippen molar-refractivity contribution in [2.24, 2.45) is 0 Å². The topological polar surface area (TPSA) is 49.9 Å². The SMILES string of the molecule is CC(C(=O)N1CCOCC1)N1CCCC1=O. The van der Waals surface area contributed by atoms with Crippen molar-refractivity contribution in [3.05, 3.63) is 0 Å². The lowest BCUT2D eigenvalue weighted by molar-refractivity contribution is -0.145. The first kappa shape index (κ1) is 11.4. The number of carbonyl (C=O) groups excluding carboxylic acids is 2. The zero-order valence-corrected chi connectivity index (χ0v) is 9.65. The molecule has 0 N–H and O–H groups in total. The maximum absolute atomic E-state index is 12.1. The second-order valence-corrected chi connectivity index (χ2v) is 4.30. The van der Waals surface area contributed by atoms with E-state index in [0.29, 0.717) is 32.7 Å². The van der Waals surface area contributed by atoms with Crippen LogP contribution < -0.4 is 0 Å². The molecule has 0 spiro atoms. The minimum Gasteiger partial charge on any atom is -0.378 e. The van der Waals surface area contributed by atoms with Crippen molar-refractivity contribution in [3.63, 3.8) is 0 Å². The van der Waals surface area contributed by atoms with Gasteiger partial charge in [0.1, 0.15) is 6.04 Å². The van der Waals surface area contributed by atoms with Crippen LogP contribution in [0.1, 0.15) is 19.8 Å². The summed E-state index contributed by atoms with van der Waals surface area (Å²) < 4.78 is 5.20. The smallest absolute Gasteiger partial charge is 0.245 e. The van der Waals surface area contributed by atoms with E-state index in [2.05, 4.69) is 0 Å². The summed E-state index contributed by atoms with van der Waals surface area (Å²) in [5, 5.41) is 0. The molecule has 5 nitrogen and oxygen atoms in total. The Morgan fingerprint density at radius 1 is 1.31 bits per heavy atom. The summed E-state index contributed by atoms with van der Waals surface area (Å²) in [6, 6.07) is -0.312. The van der Waals surface area contributed by atoms with Crippen LogP contribution in [0.5, 0.6) is 0 Å². The van der Waals surface area contributed by atoms with Gasteiger partial charge in [0.2, 0.25) is 11.8 Å². The number of nitrogens with zero attached hydrogens (tertiary/aromatic N) is 2. The van der Waals surface area contributed by atoms with Crippen LogP contribution in [0.3, 0.4) is 0 Å². The fraction of sp³-hybridized carbons (Fsp3) is 0.818. The number of hydrogen-bond donors (Lipinski definition) is 0. The average Bonchev–Trinajstić information content (AvgIpc) is 2.75. The molecular formula is C11H18N2O3. The standard InChI is InChI=1S/C11H18N2O3/c1-9(13-4-2-3-10(13)14)11(15)12-5-7-16-8-6-12/h9H,2-8H2,1H3. The van der Waals surface area contributed by atoms with Crippen molar-refractivity contribution >= 4 is 11.8 Å². The van der Waals surface area contributed by atoms with E-state index in [1.807, 2.05) is 6.92 Å². The summed E-state index contributed by atoms with van der Waals surface area (Å²) in [7, 11) is 0. The Morgan fingerprint density at radius 2 is 2.00 bits per heavy atom. The van der Waals surface area contributed by atoms with Crippen molar-refractivity contribution in [1.82, 2.24) is 9.80 Å². The minimum absolute atomic E-state index is 0.0542. The van der Waals surface area contributed by atoms with Crippen LogP contribution in [-0.2, 0) is 14.3 Å². The quantitative estimate of drug-likeness (QED) is 0.658. The van der Waals surface area contributed by atoms with Crippen molar-refractivity contribution < 1.29 is 14.3 Å². The normalized spacial score (nSPS) is 23.7. The fourth-order valence-electron chi connectivity index (χ4n) is 2.26. The molecule has 2 amide bonds. The second-order valence-electron chi connectivity index (χ2n) is 4.30. The van der Waals surface area contributed by atoms with Gasteiger partial charge >= 0.3 is 0 Å². The molecule has 2 rings (SSSR count). The van der Waals surface area contributed by atoms with Crippen molar-refractivity contribution in [3.8, 4) is 0 Å². The first-order valence-electron chi connectivity index (χ1n) is 5.86. The largest absolute Gasteiger partial charge is 0.378 e. The van der Waals surface area contributed by atoms with Crippen LogP contribution in [0.4, 0.5) is 0 Å². The molecule has 2 aliphatic rings. The van der Waals surface area contributed by atoms with Gasteiger partial charge in [0.25, 0.3) is 0 Å². The Labute approximate surface area is 95.3 Å². The number of likely N-dealkylation sites (tertiary alicyclic amines) is 1. The van der Waals surface area contributed by atoms with E-state index in [0.717, 1.165) is 13.0 Å². The van der Waals surface area contributed by atoms with E-state index in [-0.39, 0.29) is 17.9 Å². The van der Waals surface area contributed by atoms with Crippen LogP contribution in [0.15, 0.2) is 0 Å². The molecule has 0 saturated carbocycles. The Morgan fingerprint density at radius 3 is 2.56 bits per heavy atom. The van der Waals surface area contributed by atoms with E-state index in [4.69, 9.17) is 4.74 Å². The maximum atomic E-state index is 12.1. The highest BCUT2D eigenvalue weighted by Gasteiger charge is 2.32. The number of amides is 2. The molecule has 0 radical (unpaired) electrons. The molecular weight excluding hydrogens is 208 g/mol. The molecule has 90 valence electrons. The summed E-state index contributed by atoms with van der Waals surface area (Å²) in [6.45, 7) is 5.03. The molecule has 1 atom stereocenters. The van der Waals surface area contributed by atoms with Gasteiger partial charge in [-0.25, -0.2) is 0 Å². The van der Waals surface area contributed by atoms with E-state index in [1.165, 1.54) is 0 Å². The summed E-state index contributed by atoms with van der Waals surface area (Å²) >= 11 is 0. The number of carbonyl (C=O) groups is 2. The van der Waals surface area contributed by atoms with Gasteiger partial charge in [0.15, 0.2) is 0 Å². The zero-order chi connectivity index (χ0) is 11.5. The van der Waals surface area contributed by atoms with Gasteiger partial charge in [-0.1, -0.05) is 0 Å². The molecule has 1 unspecified atom stereocenters. The van der Waals surface area contributed by atoms with Crippen LogP contribution in [-0.4, -0.2) is 60.5 Å². The lowest BCUT2D eigenvalue weighted by Gasteiger charge is -2.32. The van der Waals surface area contributed by atoms with E-state index in [9.17, 15) is 9.59 Å². The average molecular weight is 226 g/mol. The third kappa shape index (κ3) is 2.19. The molecule has 0 aliphatic carbocycles. The van der Waals surface area contributed by atoms with Crippen LogP contribution in [0, 0.1) is 0 Å².